The molecule has 20 heavy (non-hydrogen) atoms. The summed E-state index contributed by atoms with van der Waals surface area (Å²) in [4.78, 5) is 19.3. The Morgan fingerprint density at radius 3 is 2.75 bits per heavy atom. The molecule has 2 heterocycles. The van der Waals surface area contributed by atoms with Crippen molar-refractivity contribution < 1.29 is 13.2 Å². The molecular formula is C12H19N3O3S2. The normalized spacial score (nSPS) is 19.6. The molecule has 2 N–H and O–H groups in total. The van der Waals surface area contributed by atoms with E-state index in [-0.39, 0.29) is 24.0 Å². The summed E-state index contributed by atoms with van der Waals surface area (Å²) >= 11 is 1.58. The molecule has 8 heteroatoms. The lowest BCUT2D eigenvalue weighted by atomic mass is 10.2. The highest BCUT2D eigenvalue weighted by molar-refractivity contribution is 7.89. The maximum atomic E-state index is 12.2. The quantitative estimate of drug-likeness (QED) is 0.872. The molecule has 0 saturated carbocycles. The Balaban J connectivity index is 1.93. The summed E-state index contributed by atoms with van der Waals surface area (Å²) in [6, 6.07) is 0. The molecule has 1 aromatic rings. The average molecular weight is 317 g/mol. The van der Waals surface area contributed by atoms with Crippen LogP contribution in [0.15, 0.2) is 0 Å². The Kier molecular flexibility index (Phi) is 4.46. The number of nitrogens with two attached hydrogens (primary N) is 1. The number of carbonyl (C=O) groups is 1. The minimum atomic E-state index is -3.47. The predicted molar refractivity (Wildman–Crippen MR) is 78.0 cm³/mol. The summed E-state index contributed by atoms with van der Waals surface area (Å²) in [6.45, 7) is 4.95. The van der Waals surface area contributed by atoms with Crippen molar-refractivity contribution in [1.82, 2.24) is 9.88 Å². The van der Waals surface area contributed by atoms with E-state index in [4.69, 9.17) is 5.14 Å². The summed E-state index contributed by atoms with van der Waals surface area (Å²) in [7, 11) is -3.47. The van der Waals surface area contributed by atoms with Crippen LogP contribution in [-0.2, 0) is 21.2 Å². The highest BCUT2D eigenvalue weighted by Gasteiger charge is 2.29. The van der Waals surface area contributed by atoms with Gasteiger partial charge in [-0.2, -0.15) is 0 Å². The van der Waals surface area contributed by atoms with E-state index in [0.717, 1.165) is 15.6 Å². The molecule has 1 aliphatic heterocycles. The molecule has 1 unspecified atom stereocenters. The van der Waals surface area contributed by atoms with Crippen LogP contribution in [0, 0.1) is 19.8 Å². The van der Waals surface area contributed by atoms with Crippen LogP contribution in [0.4, 0.5) is 0 Å². The van der Waals surface area contributed by atoms with Crippen LogP contribution < -0.4 is 5.14 Å². The van der Waals surface area contributed by atoms with Crippen LogP contribution in [0.25, 0.3) is 0 Å². The second kappa shape index (κ2) is 5.79. The largest absolute Gasteiger partial charge is 0.342 e. The van der Waals surface area contributed by atoms with Gasteiger partial charge in [0.25, 0.3) is 0 Å². The molecule has 0 spiro atoms. The third-order valence-corrected chi connectivity index (χ3v) is 5.29. The molecule has 1 aromatic heterocycles. The second-order valence-electron chi connectivity index (χ2n) is 5.24. The molecule has 1 saturated heterocycles. The third kappa shape index (κ3) is 4.00. The fourth-order valence-electron chi connectivity index (χ4n) is 2.51. The fourth-order valence-corrected chi connectivity index (χ4v) is 4.28. The summed E-state index contributed by atoms with van der Waals surface area (Å²) in [6.07, 6.45) is 0.982. The summed E-state index contributed by atoms with van der Waals surface area (Å²) in [5, 5.41) is 6.00. The van der Waals surface area contributed by atoms with Crippen molar-refractivity contribution in [2.45, 2.75) is 26.7 Å². The first-order valence-corrected chi connectivity index (χ1v) is 8.99. The number of aromatic nitrogens is 1. The summed E-state index contributed by atoms with van der Waals surface area (Å²) < 4.78 is 22.1. The van der Waals surface area contributed by atoms with Crippen molar-refractivity contribution in [3.05, 3.63) is 15.6 Å². The number of amides is 1. The number of nitrogens with zero attached hydrogens (tertiary/aromatic N) is 2. The predicted octanol–water partition coefficient (Wildman–Crippen LogP) is 0.439. The number of likely N-dealkylation sites (tertiary alicyclic amines) is 1. The number of hydrogen-bond acceptors (Lipinski definition) is 5. The van der Waals surface area contributed by atoms with E-state index in [1.807, 2.05) is 13.8 Å². The van der Waals surface area contributed by atoms with Crippen molar-refractivity contribution in [2.75, 3.05) is 18.8 Å². The molecule has 0 bridgehead atoms. The molecule has 1 amide bonds. The van der Waals surface area contributed by atoms with Crippen LogP contribution in [0.3, 0.4) is 0 Å². The lowest BCUT2D eigenvalue weighted by molar-refractivity contribution is -0.129. The highest BCUT2D eigenvalue weighted by atomic mass is 32.2. The Bertz CT molecular complexity index is 609. The maximum Gasteiger partial charge on any atom is 0.228 e. The van der Waals surface area contributed by atoms with E-state index in [1.54, 1.807) is 16.2 Å². The molecule has 1 fully saturated rings. The molecular weight excluding hydrogens is 298 g/mol. The number of carbonyl (C=O) groups excluding carboxylic acids is 1. The Morgan fingerprint density at radius 2 is 2.20 bits per heavy atom. The number of sulfonamides is 1. The number of aryl methyl sites for hydroxylation is 2. The Morgan fingerprint density at radius 1 is 1.50 bits per heavy atom. The second-order valence-corrected chi connectivity index (χ2v) is 8.30. The van der Waals surface area contributed by atoms with Crippen molar-refractivity contribution >= 4 is 27.3 Å². The molecule has 2 rings (SSSR count). The first kappa shape index (κ1) is 15.4. The molecule has 6 nitrogen and oxygen atoms in total. The van der Waals surface area contributed by atoms with Gasteiger partial charge in [-0.3, -0.25) is 4.79 Å². The minimum absolute atomic E-state index is 0.00955. The molecule has 0 aliphatic carbocycles. The molecule has 0 aromatic carbocycles. The zero-order chi connectivity index (χ0) is 14.9. The van der Waals surface area contributed by atoms with E-state index in [9.17, 15) is 13.2 Å². The van der Waals surface area contributed by atoms with Crippen molar-refractivity contribution in [1.29, 1.82) is 0 Å². The van der Waals surface area contributed by atoms with Crippen LogP contribution in [-0.4, -0.2) is 43.1 Å². The highest BCUT2D eigenvalue weighted by Crippen LogP contribution is 2.21. The standard InChI is InChI=1S/C12H19N3O3S2/c1-8-11(14-9(2)19-8)5-12(16)15-4-3-10(6-15)7-20(13,17)18/h10H,3-7H2,1-2H3,(H2,13,17,18). The van der Waals surface area contributed by atoms with Crippen molar-refractivity contribution in [3.8, 4) is 0 Å². The summed E-state index contributed by atoms with van der Waals surface area (Å²) in [5.74, 6) is -0.0893. The number of hydrogen-bond donors (Lipinski definition) is 1. The van der Waals surface area contributed by atoms with Crippen LogP contribution in [0.5, 0.6) is 0 Å². The van der Waals surface area contributed by atoms with Gasteiger partial charge in [-0.15, -0.1) is 11.3 Å². The average Bonchev–Trinajstić information content (AvgIpc) is 2.84. The first-order chi connectivity index (χ1) is 9.24. The van der Waals surface area contributed by atoms with Crippen LogP contribution in [0.1, 0.15) is 22.0 Å². The van der Waals surface area contributed by atoms with E-state index in [2.05, 4.69) is 4.98 Å². The van der Waals surface area contributed by atoms with E-state index < -0.39 is 10.0 Å². The molecule has 112 valence electrons. The number of thiazole rings is 1. The lowest BCUT2D eigenvalue weighted by Gasteiger charge is -2.16. The van der Waals surface area contributed by atoms with Gasteiger partial charge < -0.3 is 4.90 Å². The van der Waals surface area contributed by atoms with E-state index >= 15 is 0 Å². The zero-order valence-corrected chi connectivity index (χ0v) is 13.3. The van der Waals surface area contributed by atoms with Crippen LogP contribution >= 0.6 is 11.3 Å². The monoisotopic (exact) mass is 317 g/mol. The van der Waals surface area contributed by atoms with Gasteiger partial charge in [0.05, 0.1) is 22.9 Å². The number of primary sulfonamides is 1. The smallest absolute Gasteiger partial charge is 0.228 e. The topological polar surface area (TPSA) is 93.4 Å². The maximum absolute atomic E-state index is 12.2. The lowest BCUT2D eigenvalue weighted by Crippen LogP contribution is -2.32. The zero-order valence-electron chi connectivity index (χ0n) is 11.6. The molecule has 1 aliphatic rings. The van der Waals surface area contributed by atoms with Crippen molar-refractivity contribution in [2.24, 2.45) is 11.1 Å². The minimum Gasteiger partial charge on any atom is -0.342 e. The van der Waals surface area contributed by atoms with E-state index in [0.29, 0.717) is 19.5 Å². The first-order valence-electron chi connectivity index (χ1n) is 6.46. The SMILES string of the molecule is Cc1nc(CC(=O)N2CCC(CS(N)(=O)=O)C2)c(C)s1. The third-order valence-electron chi connectivity index (χ3n) is 3.42. The van der Waals surface area contributed by atoms with Crippen molar-refractivity contribution in [3.63, 3.8) is 0 Å². The van der Waals surface area contributed by atoms with Gasteiger partial charge in [0.2, 0.25) is 15.9 Å². The Labute approximate surface area is 123 Å². The Hall–Kier alpha value is -0.990. The van der Waals surface area contributed by atoms with Gasteiger partial charge in [0.1, 0.15) is 0 Å². The molecule has 0 radical (unpaired) electrons. The number of rotatable bonds is 4. The fraction of sp³-hybridized carbons (Fsp3) is 0.667. The van der Waals surface area contributed by atoms with Gasteiger partial charge in [-0.1, -0.05) is 0 Å². The molecule has 1 atom stereocenters. The van der Waals surface area contributed by atoms with Gasteiger partial charge >= 0.3 is 0 Å². The van der Waals surface area contributed by atoms with Gasteiger partial charge in [0.15, 0.2) is 0 Å². The van der Waals surface area contributed by atoms with Gasteiger partial charge in [-0.25, -0.2) is 18.5 Å². The van der Waals surface area contributed by atoms with Gasteiger partial charge in [-0.05, 0) is 26.2 Å². The summed E-state index contributed by atoms with van der Waals surface area (Å²) in [5.41, 5.74) is 0.826. The van der Waals surface area contributed by atoms with Crippen LogP contribution in [0.2, 0.25) is 0 Å². The van der Waals surface area contributed by atoms with E-state index in [1.165, 1.54) is 0 Å². The van der Waals surface area contributed by atoms with Gasteiger partial charge in [0, 0.05) is 18.0 Å².